The van der Waals surface area contributed by atoms with Crippen molar-refractivity contribution in [1.82, 2.24) is 5.32 Å². The Balaban J connectivity index is 2.34. The summed E-state index contributed by atoms with van der Waals surface area (Å²) < 4.78 is 5.79. The lowest BCUT2D eigenvalue weighted by molar-refractivity contribution is 0.303. The summed E-state index contributed by atoms with van der Waals surface area (Å²) in [5.74, 6) is 0.945. The predicted molar refractivity (Wildman–Crippen MR) is 78.8 cm³/mol. The maximum Gasteiger partial charge on any atom is 0.122 e. The van der Waals surface area contributed by atoms with Crippen LogP contribution in [0.15, 0.2) is 12.1 Å². The molecule has 0 heterocycles. The van der Waals surface area contributed by atoms with Crippen molar-refractivity contribution in [3.8, 4) is 5.75 Å². The summed E-state index contributed by atoms with van der Waals surface area (Å²) in [6.07, 6.45) is 2.18. The monoisotopic (exact) mass is 269 g/mol. The first-order valence-electron chi connectivity index (χ1n) is 6.68. The number of hydrogen-bond acceptors (Lipinski definition) is 2. The summed E-state index contributed by atoms with van der Waals surface area (Å²) in [6, 6.07) is 4.44. The fourth-order valence-corrected chi connectivity index (χ4v) is 1.87. The summed E-state index contributed by atoms with van der Waals surface area (Å²) in [5, 5.41) is 4.26. The van der Waals surface area contributed by atoms with Crippen LogP contribution in [0.4, 0.5) is 0 Å². The van der Waals surface area contributed by atoms with Gasteiger partial charge in [-0.25, -0.2) is 0 Å². The Morgan fingerprint density at radius 2 is 2.00 bits per heavy atom. The molecule has 2 nitrogen and oxygen atoms in total. The summed E-state index contributed by atoms with van der Waals surface area (Å²) >= 11 is 6.05. The van der Waals surface area contributed by atoms with Crippen molar-refractivity contribution >= 4 is 11.6 Å². The lowest BCUT2D eigenvalue weighted by Gasteiger charge is -2.13. The summed E-state index contributed by atoms with van der Waals surface area (Å²) in [6.45, 7) is 10.2. The van der Waals surface area contributed by atoms with Gasteiger partial charge < -0.3 is 10.1 Å². The second kappa shape index (κ2) is 7.65. The second-order valence-corrected chi connectivity index (χ2v) is 5.17. The topological polar surface area (TPSA) is 21.3 Å². The molecule has 102 valence electrons. The average Bonchev–Trinajstić information content (AvgIpc) is 2.37. The number of nitrogens with one attached hydrogen (secondary N) is 1. The van der Waals surface area contributed by atoms with Crippen LogP contribution in [0.1, 0.15) is 37.8 Å². The molecule has 0 aliphatic carbocycles. The minimum absolute atomic E-state index is 0.588. The lowest BCUT2D eigenvalue weighted by atomic mass is 10.1. The molecule has 0 aliphatic rings. The third-order valence-electron chi connectivity index (χ3n) is 3.36. The third kappa shape index (κ3) is 4.51. The van der Waals surface area contributed by atoms with Crippen molar-refractivity contribution in [1.29, 1.82) is 0 Å². The Labute approximate surface area is 116 Å². The van der Waals surface area contributed by atoms with Gasteiger partial charge >= 0.3 is 0 Å². The average molecular weight is 270 g/mol. The minimum Gasteiger partial charge on any atom is -0.493 e. The minimum atomic E-state index is 0.588. The van der Waals surface area contributed by atoms with Gasteiger partial charge in [-0.05, 0) is 63.4 Å². The highest BCUT2D eigenvalue weighted by Crippen LogP contribution is 2.27. The maximum atomic E-state index is 6.05. The Hall–Kier alpha value is -0.730. The van der Waals surface area contributed by atoms with E-state index >= 15 is 0 Å². The van der Waals surface area contributed by atoms with E-state index in [9.17, 15) is 0 Å². The van der Waals surface area contributed by atoms with Crippen molar-refractivity contribution < 1.29 is 4.74 Å². The van der Waals surface area contributed by atoms with E-state index in [2.05, 4.69) is 19.2 Å². The highest BCUT2D eigenvalue weighted by atomic mass is 35.5. The number of halogens is 1. The van der Waals surface area contributed by atoms with Crippen LogP contribution in [0.25, 0.3) is 0 Å². The van der Waals surface area contributed by atoms with Crippen LogP contribution < -0.4 is 10.1 Å². The molecule has 1 aromatic carbocycles. The van der Waals surface area contributed by atoms with Gasteiger partial charge in [0, 0.05) is 11.1 Å². The summed E-state index contributed by atoms with van der Waals surface area (Å²) in [4.78, 5) is 0. The molecule has 18 heavy (non-hydrogen) atoms. The van der Waals surface area contributed by atoms with Gasteiger partial charge in [-0.1, -0.05) is 18.5 Å². The van der Waals surface area contributed by atoms with Crippen LogP contribution >= 0.6 is 11.6 Å². The number of hydrogen-bond donors (Lipinski definition) is 1. The molecule has 1 N–H and O–H groups in total. The molecule has 0 aliphatic heterocycles. The van der Waals surface area contributed by atoms with E-state index < -0.39 is 0 Å². The SMILES string of the molecule is CCC(C)NCCCOc1ccc(Cl)c(C)c1C. The molecule has 0 spiro atoms. The van der Waals surface area contributed by atoms with Crippen molar-refractivity contribution in [2.24, 2.45) is 0 Å². The number of rotatable bonds is 7. The van der Waals surface area contributed by atoms with Gasteiger partial charge in [0.1, 0.15) is 5.75 Å². The van der Waals surface area contributed by atoms with Crippen molar-refractivity contribution in [3.05, 3.63) is 28.3 Å². The van der Waals surface area contributed by atoms with E-state index in [4.69, 9.17) is 16.3 Å². The highest BCUT2D eigenvalue weighted by molar-refractivity contribution is 6.31. The first-order chi connectivity index (χ1) is 8.56. The molecular formula is C15H24ClNO. The molecule has 0 radical (unpaired) electrons. The van der Waals surface area contributed by atoms with Crippen LogP contribution in [0, 0.1) is 13.8 Å². The van der Waals surface area contributed by atoms with Gasteiger partial charge in [-0.2, -0.15) is 0 Å². The quantitative estimate of drug-likeness (QED) is 0.752. The van der Waals surface area contributed by atoms with E-state index in [0.717, 1.165) is 47.9 Å². The van der Waals surface area contributed by atoms with Crippen molar-refractivity contribution in [2.75, 3.05) is 13.2 Å². The van der Waals surface area contributed by atoms with Crippen LogP contribution in [0.5, 0.6) is 5.75 Å². The van der Waals surface area contributed by atoms with Gasteiger partial charge in [0.15, 0.2) is 0 Å². The van der Waals surface area contributed by atoms with Crippen LogP contribution in [-0.4, -0.2) is 19.2 Å². The molecule has 0 saturated heterocycles. The fraction of sp³-hybridized carbons (Fsp3) is 0.600. The first-order valence-corrected chi connectivity index (χ1v) is 7.06. The van der Waals surface area contributed by atoms with Gasteiger partial charge in [0.05, 0.1) is 6.61 Å². The zero-order chi connectivity index (χ0) is 13.5. The zero-order valence-electron chi connectivity index (χ0n) is 11.8. The van der Waals surface area contributed by atoms with E-state index in [1.54, 1.807) is 0 Å². The smallest absolute Gasteiger partial charge is 0.122 e. The van der Waals surface area contributed by atoms with E-state index in [-0.39, 0.29) is 0 Å². The molecule has 1 unspecified atom stereocenters. The Kier molecular flexibility index (Phi) is 6.51. The van der Waals surface area contributed by atoms with Gasteiger partial charge in [0.2, 0.25) is 0 Å². The van der Waals surface area contributed by atoms with Gasteiger partial charge in [0.25, 0.3) is 0 Å². The Morgan fingerprint density at radius 3 is 2.67 bits per heavy atom. The Morgan fingerprint density at radius 1 is 1.28 bits per heavy atom. The van der Waals surface area contributed by atoms with Crippen molar-refractivity contribution in [3.63, 3.8) is 0 Å². The van der Waals surface area contributed by atoms with Crippen LogP contribution in [0.3, 0.4) is 0 Å². The molecular weight excluding hydrogens is 246 g/mol. The molecule has 0 fully saturated rings. The fourth-order valence-electron chi connectivity index (χ4n) is 1.67. The molecule has 0 saturated carbocycles. The first kappa shape index (κ1) is 15.3. The maximum absolute atomic E-state index is 6.05. The Bertz CT molecular complexity index is 379. The molecule has 0 amide bonds. The predicted octanol–water partition coefficient (Wildman–Crippen LogP) is 4.11. The molecule has 0 aromatic heterocycles. The van der Waals surface area contributed by atoms with Gasteiger partial charge in [-0.3, -0.25) is 0 Å². The zero-order valence-corrected chi connectivity index (χ0v) is 12.6. The third-order valence-corrected chi connectivity index (χ3v) is 3.76. The second-order valence-electron chi connectivity index (χ2n) is 4.76. The summed E-state index contributed by atoms with van der Waals surface area (Å²) in [5.41, 5.74) is 2.24. The van der Waals surface area contributed by atoms with E-state index in [1.165, 1.54) is 0 Å². The normalized spacial score (nSPS) is 12.5. The van der Waals surface area contributed by atoms with Crippen molar-refractivity contribution in [2.45, 2.75) is 46.6 Å². The molecule has 1 rings (SSSR count). The molecule has 3 heteroatoms. The summed E-state index contributed by atoms with van der Waals surface area (Å²) in [7, 11) is 0. The molecule has 1 atom stereocenters. The highest BCUT2D eigenvalue weighted by Gasteiger charge is 2.05. The standard InChI is InChI=1S/C15H24ClNO/c1-5-11(2)17-9-6-10-18-15-8-7-14(16)12(3)13(15)4/h7-8,11,17H,5-6,9-10H2,1-4H3. The largest absolute Gasteiger partial charge is 0.493 e. The molecule has 0 bridgehead atoms. The number of ether oxygens (including phenoxy) is 1. The lowest BCUT2D eigenvalue weighted by Crippen LogP contribution is -2.27. The number of benzene rings is 1. The molecule has 1 aromatic rings. The van der Waals surface area contributed by atoms with E-state index in [1.807, 2.05) is 26.0 Å². The van der Waals surface area contributed by atoms with Crippen LogP contribution in [0.2, 0.25) is 5.02 Å². The van der Waals surface area contributed by atoms with Crippen LogP contribution in [-0.2, 0) is 0 Å². The van der Waals surface area contributed by atoms with Gasteiger partial charge in [-0.15, -0.1) is 0 Å². The van der Waals surface area contributed by atoms with E-state index in [0.29, 0.717) is 6.04 Å².